The predicted octanol–water partition coefficient (Wildman–Crippen LogP) is 4.62. The molecule has 0 aliphatic heterocycles. The van der Waals surface area contributed by atoms with Gasteiger partial charge in [0.2, 0.25) is 11.8 Å². The molecule has 1 aromatic rings. The number of phenolic OH excluding ortho intramolecular Hbond substituents is 1. The van der Waals surface area contributed by atoms with Crippen LogP contribution >= 0.6 is 11.8 Å². The second-order valence-corrected chi connectivity index (χ2v) is 12.6. The lowest BCUT2D eigenvalue weighted by atomic mass is 9.94. The van der Waals surface area contributed by atoms with E-state index in [0.717, 1.165) is 0 Å². The first-order chi connectivity index (χ1) is 15.9. The van der Waals surface area contributed by atoms with Crippen molar-refractivity contribution in [1.29, 1.82) is 0 Å². The van der Waals surface area contributed by atoms with Gasteiger partial charge in [-0.15, -0.1) is 0 Å². The minimum Gasteiger partial charge on any atom is -0.508 e. The van der Waals surface area contributed by atoms with Gasteiger partial charge in [-0.05, 0) is 98.4 Å². The fraction of sp³-hybridized carbons (Fsp3) is 0.654. The average Bonchev–Trinajstić information content (AvgIpc) is 2.65. The van der Waals surface area contributed by atoms with E-state index < -0.39 is 34.9 Å². The molecule has 0 saturated heterocycles. The number of ether oxygens (including phenoxy) is 1. The second kappa shape index (κ2) is 12.0. The summed E-state index contributed by atoms with van der Waals surface area (Å²) in [5.41, 5.74) is -1.48. The Kier molecular flexibility index (Phi) is 10.5. The third kappa shape index (κ3) is 10.4. The molecule has 2 unspecified atom stereocenters. The highest BCUT2D eigenvalue weighted by Crippen LogP contribution is 2.32. The number of amides is 3. The number of carbonyl (C=O) groups excluding carboxylic acids is 3. The number of hydrogen-bond acceptors (Lipinski definition) is 6. The van der Waals surface area contributed by atoms with E-state index in [1.807, 2.05) is 47.8 Å². The van der Waals surface area contributed by atoms with Gasteiger partial charge in [0.15, 0.2) is 0 Å². The third-order valence-corrected chi connectivity index (χ3v) is 5.42. The van der Waals surface area contributed by atoms with Crippen LogP contribution < -0.4 is 10.6 Å². The molecule has 1 aromatic carbocycles. The second-order valence-electron chi connectivity index (χ2n) is 11.6. The molecule has 0 bridgehead atoms. The summed E-state index contributed by atoms with van der Waals surface area (Å²) in [5.74, 6) is -0.0592. The Morgan fingerprint density at radius 1 is 1.00 bits per heavy atom. The molecule has 8 nitrogen and oxygen atoms in total. The van der Waals surface area contributed by atoms with Crippen LogP contribution in [0.25, 0.3) is 0 Å². The first-order valence-corrected chi connectivity index (χ1v) is 13.2. The van der Waals surface area contributed by atoms with Crippen LogP contribution in [0.15, 0.2) is 24.3 Å². The molecular formula is C26H43N3O5S. The maximum absolute atomic E-state index is 14.1. The molecule has 198 valence electrons. The van der Waals surface area contributed by atoms with E-state index in [1.165, 1.54) is 17.0 Å². The number of benzene rings is 1. The lowest BCUT2D eigenvalue weighted by molar-refractivity contribution is -0.149. The highest BCUT2D eigenvalue weighted by atomic mass is 32.2. The Labute approximate surface area is 214 Å². The van der Waals surface area contributed by atoms with Crippen LogP contribution in [0.1, 0.15) is 80.3 Å². The summed E-state index contributed by atoms with van der Waals surface area (Å²) in [5, 5.41) is 15.5. The molecule has 0 aliphatic carbocycles. The molecule has 35 heavy (non-hydrogen) atoms. The van der Waals surface area contributed by atoms with Gasteiger partial charge in [-0.25, -0.2) is 4.79 Å². The topological polar surface area (TPSA) is 108 Å². The summed E-state index contributed by atoms with van der Waals surface area (Å²) >= 11 is 1.56. The highest BCUT2D eigenvalue weighted by Gasteiger charge is 2.42. The summed E-state index contributed by atoms with van der Waals surface area (Å²) in [7, 11) is 0. The maximum Gasteiger partial charge on any atom is 0.408 e. The van der Waals surface area contributed by atoms with E-state index in [-0.39, 0.29) is 17.6 Å². The standard InChI is InChI=1S/C26H43N3O5S/c1-24(2,3)28-21(31)20(17-11-13-18(30)14-12-17)29(25(4,5)6)22(32)19(15-16-35-10)27-23(33)34-26(7,8)9/h11-14,19-20,30H,15-16H2,1-10H3,(H,27,33)(H,28,31). The van der Waals surface area contributed by atoms with Gasteiger partial charge in [-0.3, -0.25) is 9.59 Å². The smallest absolute Gasteiger partial charge is 0.408 e. The minimum atomic E-state index is -0.987. The monoisotopic (exact) mass is 509 g/mol. The number of hydrogen-bond donors (Lipinski definition) is 3. The third-order valence-electron chi connectivity index (χ3n) is 4.77. The molecule has 0 spiro atoms. The fourth-order valence-corrected chi connectivity index (χ4v) is 3.94. The van der Waals surface area contributed by atoms with Crippen molar-refractivity contribution in [2.24, 2.45) is 0 Å². The first-order valence-electron chi connectivity index (χ1n) is 11.8. The highest BCUT2D eigenvalue weighted by molar-refractivity contribution is 7.98. The van der Waals surface area contributed by atoms with Gasteiger partial charge in [-0.2, -0.15) is 11.8 Å². The summed E-state index contributed by atoms with van der Waals surface area (Å²) < 4.78 is 5.40. The van der Waals surface area contributed by atoms with E-state index >= 15 is 0 Å². The van der Waals surface area contributed by atoms with Crippen molar-refractivity contribution in [3.63, 3.8) is 0 Å². The molecule has 1 rings (SSSR count). The zero-order valence-corrected chi connectivity index (χ0v) is 23.6. The van der Waals surface area contributed by atoms with E-state index in [1.54, 1.807) is 44.7 Å². The van der Waals surface area contributed by atoms with Gasteiger partial charge in [0.1, 0.15) is 23.4 Å². The molecule has 0 aromatic heterocycles. The number of aromatic hydroxyl groups is 1. The number of carbonyl (C=O) groups is 3. The van der Waals surface area contributed by atoms with Gasteiger partial charge < -0.3 is 25.4 Å². The Morgan fingerprint density at radius 2 is 1.54 bits per heavy atom. The van der Waals surface area contributed by atoms with E-state index in [2.05, 4.69) is 10.6 Å². The van der Waals surface area contributed by atoms with E-state index in [4.69, 9.17) is 4.74 Å². The summed E-state index contributed by atoms with van der Waals surface area (Å²) in [4.78, 5) is 41.8. The molecule has 0 saturated carbocycles. The maximum atomic E-state index is 14.1. The van der Waals surface area contributed by atoms with Gasteiger partial charge in [0.05, 0.1) is 0 Å². The molecule has 0 aliphatic rings. The number of rotatable bonds is 8. The van der Waals surface area contributed by atoms with E-state index in [0.29, 0.717) is 17.7 Å². The number of phenols is 1. The normalized spacial score (nSPS) is 14.0. The Morgan fingerprint density at radius 3 is 1.97 bits per heavy atom. The zero-order chi connectivity index (χ0) is 27.2. The number of nitrogens with one attached hydrogen (secondary N) is 2. The Balaban J connectivity index is 3.55. The molecule has 3 amide bonds. The molecule has 3 N–H and O–H groups in total. The van der Waals surface area contributed by atoms with Gasteiger partial charge in [0.25, 0.3) is 0 Å². The van der Waals surface area contributed by atoms with E-state index in [9.17, 15) is 19.5 Å². The van der Waals surface area contributed by atoms with Gasteiger partial charge >= 0.3 is 6.09 Å². The predicted molar refractivity (Wildman–Crippen MR) is 141 cm³/mol. The lowest BCUT2D eigenvalue weighted by Crippen LogP contribution is -2.59. The van der Waals surface area contributed by atoms with Crippen LogP contribution in [0, 0.1) is 0 Å². The number of nitrogens with zero attached hydrogens (tertiary/aromatic N) is 1. The molecule has 0 fully saturated rings. The van der Waals surface area contributed by atoms with Crippen molar-refractivity contribution in [1.82, 2.24) is 15.5 Å². The fourth-order valence-electron chi connectivity index (χ4n) is 3.47. The first kappa shape index (κ1) is 30.6. The van der Waals surface area contributed by atoms with Crippen LogP contribution in [-0.4, -0.2) is 62.6 Å². The van der Waals surface area contributed by atoms with Crippen LogP contribution in [0.3, 0.4) is 0 Å². The quantitative estimate of drug-likeness (QED) is 0.472. The minimum absolute atomic E-state index is 0.0572. The van der Waals surface area contributed by atoms with Crippen LogP contribution in [0.4, 0.5) is 4.79 Å². The van der Waals surface area contributed by atoms with Gasteiger partial charge in [-0.1, -0.05) is 12.1 Å². The van der Waals surface area contributed by atoms with Crippen molar-refractivity contribution >= 4 is 29.7 Å². The summed E-state index contributed by atoms with van der Waals surface area (Å²) in [6, 6.07) is 4.36. The van der Waals surface area contributed by atoms with Crippen molar-refractivity contribution < 1.29 is 24.2 Å². The van der Waals surface area contributed by atoms with Crippen molar-refractivity contribution in [3.05, 3.63) is 29.8 Å². The van der Waals surface area contributed by atoms with Crippen molar-refractivity contribution in [3.8, 4) is 5.75 Å². The SMILES string of the molecule is CSCCC(NC(=O)OC(C)(C)C)C(=O)N(C(C(=O)NC(C)(C)C)c1ccc(O)cc1)C(C)(C)C. The van der Waals surface area contributed by atoms with Crippen molar-refractivity contribution in [2.45, 2.75) is 97.5 Å². The number of alkyl carbamates (subject to hydrolysis) is 1. The van der Waals surface area contributed by atoms with Crippen LogP contribution in [-0.2, 0) is 14.3 Å². The molecule has 9 heteroatoms. The molecule has 0 radical (unpaired) electrons. The Hall–Kier alpha value is -2.42. The lowest BCUT2D eigenvalue weighted by Gasteiger charge is -2.43. The summed E-state index contributed by atoms with van der Waals surface area (Å²) in [6.45, 7) is 16.4. The number of thioether (sulfide) groups is 1. The Bertz CT molecular complexity index is 867. The summed E-state index contributed by atoms with van der Waals surface area (Å²) in [6.07, 6.45) is 1.60. The zero-order valence-electron chi connectivity index (χ0n) is 22.8. The van der Waals surface area contributed by atoms with Crippen molar-refractivity contribution in [2.75, 3.05) is 12.0 Å². The van der Waals surface area contributed by atoms with Crippen LogP contribution in [0.2, 0.25) is 0 Å². The van der Waals surface area contributed by atoms with Crippen LogP contribution in [0.5, 0.6) is 5.75 Å². The average molecular weight is 510 g/mol. The van der Waals surface area contributed by atoms with Gasteiger partial charge in [0, 0.05) is 11.1 Å². The molecule has 0 heterocycles. The molecular weight excluding hydrogens is 466 g/mol. The largest absolute Gasteiger partial charge is 0.508 e. The molecule has 2 atom stereocenters.